The van der Waals surface area contributed by atoms with Crippen molar-refractivity contribution in [3.8, 4) is 0 Å². The summed E-state index contributed by atoms with van der Waals surface area (Å²) in [6.07, 6.45) is 5.09. The number of piperidine rings is 1. The molecule has 1 saturated heterocycles. The molecule has 18 heavy (non-hydrogen) atoms. The fourth-order valence-electron chi connectivity index (χ4n) is 3.55. The van der Waals surface area contributed by atoms with E-state index in [-0.39, 0.29) is 0 Å². The molecule has 0 aromatic heterocycles. The van der Waals surface area contributed by atoms with E-state index in [2.05, 4.69) is 11.0 Å². The lowest BCUT2D eigenvalue weighted by molar-refractivity contribution is -0.153. The van der Waals surface area contributed by atoms with Crippen LogP contribution in [0.25, 0.3) is 0 Å². The van der Waals surface area contributed by atoms with E-state index in [9.17, 15) is 9.90 Å². The van der Waals surface area contributed by atoms with Crippen molar-refractivity contribution in [2.24, 2.45) is 0 Å². The van der Waals surface area contributed by atoms with Gasteiger partial charge in [0.15, 0.2) is 0 Å². The van der Waals surface area contributed by atoms with Crippen LogP contribution in [0.3, 0.4) is 0 Å². The molecule has 1 aromatic carbocycles. The zero-order valence-electron chi connectivity index (χ0n) is 10.6. The highest BCUT2D eigenvalue weighted by molar-refractivity contribution is 5.82. The summed E-state index contributed by atoms with van der Waals surface area (Å²) in [4.78, 5) is 14.1. The van der Waals surface area contributed by atoms with Gasteiger partial charge in [0, 0.05) is 0 Å². The summed E-state index contributed by atoms with van der Waals surface area (Å²) in [5.41, 5.74) is 1.49. The van der Waals surface area contributed by atoms with Crippen molar-refractivity contribution in [2.75, 3.05) is 13.1 Å². The fraction of sp³-hybridized carbons (Fsp3) is 0.533. The smallest absolute Gasteiger partial charge is 0.328 e. The Hall–Kier alpha value is -1.35. The lowest BCUT2D eigenvalue weighted by atomic mass is 9.88. The molecule has 3 nitrogen and oxygen atoms in total. The Morgan fingerprint density at radius 2 is 1.89 bits per heavy atom. The Labute approximate surface area is 107 Å². The van der Waals surface area contributed by atoms with E-state index in [4.69, 9.17) is 0 Å². The van der Waals surface area contributed by atoms with Gasteiger partial charge in [-0.15, -0.1) is 0 Å². The molecule has 96 valence electrons. The van der Waals surface area contributed by atoms with Crippen LogP contribution >= 0.6 is 0 Å². The van der Waals surface area contributed by atoms with Crippen LogP contribution in [-0.2, 0) is 16.8 Å². The number of aliphatic carboxylic acids is 1. The maximum atomic E-state index is 11.9. The molecule has 0 amide bonds. The first-order chi connectivity index (χ1) is 8.75. The molecule has 0 radical (unpaired) electrons. The van der Waals surface area contributed by atoms with E-state index in [0.29, 0.717) is 0 Å². The molecular weight excluding hydrogens is 226 g/mol. The van der Waals surface area contributed by atoms with Crippen molar-refractivity contribution < 1.29 is 9.90 Å². The van der Waals surface area contributed by atoms with Gasteiger partial charge in [0.05, 0.1) is 0 Å². The number of hydrogen-bond donors (Lipinski definition) is 1. The van der Waals surface area contributed by atoms with Gasteiger partial charge in [-0.25, -0.2) is 4.79 Å². The van der Waals surface area contributed by atoms with E-state index in [1.807, 2.05) is 18.2 Å². The molecule has 1 atom stereocenters. The van der Waals surface area contributed by atoms with Crippen molar-refractivity contribution in [3.05, 3.63) is 35.4 Å². The molecule has 1 aliphatic heterocycles. The molecule has 3 heteroatoms. The molecule has 0 saturated carbocycles. The Morgan fingerprint density at radius 3 is 2.61 bits per heavy atom. The molecular formula is C15H19NO2. The van der Waals surface area contributed by atoms with Crippen molar-refractivity contribution >= 4 is 5.97 Å². The number of nitrogens with zero attached hydrogens (tertiary/aromatic N) is 1. The maximum absolute atomic E-state index is 11.9. The van der Waals surface area contributed by atoms with E-state index in [0.717, 1.165) is 44.3 Å². The number of rotatable bonds is 2. The van der Waals surface area contributed by atoms with Gasteiger partial charge in [-0.05, 0) is 49.9 Å². The van der Waals surface area contributed by atoms with Crippen LogP contribution in [0, 0.1) is 0 Å². The van der Waals surface area contributed by atoms with Gasteiger partial charge in [-0.1, -0.05) is 30.7 Å². The van der Waals surface area contributed by atoms with Gasteiger partial charge in [-0.2, -0.15) is 0 Å². The van der Waals surface area contributed by atoms with Crippen LogP contribution < -0.4 is 0 Å². The number of likely N-dealkylation sites (tertiary alicyclic amines) is 1. The van der Waals surface area contributed by atoms with E-state index in [1.165, 1.54) is 12.0 Å². The zero-order chi connectivity index (χ0) is 12.6. The molecule has 0 bridgehead atoms. The minimum Gasteiger partial charge on any atom is -0.480 e. The van der Waals surface area contributed by atoms with Crippen molar-refractivity contribution in [1.82, 2.24) is 4.90 Å². The van der Waals surface area contributed by atoms with Gasteiger partial charge >= 0.3 is 5.97 Å². The number of carboxylic acids is 1. The third-order valence-corrected chi connectivity index (χ3v) is 4.47. The highest BCUT2D eigenvalue weighted by Crippen LogP contribution is 2.43. The van der Waals surface area contributed by atoms with Crippen LogP contribution in [0.15, 0.2) is 24.3 Å². The summed E-state index contributed by atoms with van der Waals surface area (Å²) in [6, 6.07) is 8.05. The minimum atomic E-state index is -0.753. The lowest BCUT2D eigenvalue weighted by Crippen LogP contribution is -2.52. The van der Waals surface area contributed by atoms with Crippen LogP contribution in [0.5, 0.6) is 0 Å². The van der Waals surface area contributed by atoms with E-state index >= 15 is 0 Å². The predicted octanol–water partition coefficient (Wildman–Crippen LogP) is 2.40. The summed E-state index contributed by atoms with van der Waals surface area (Å²) < 4.78 is 0. The van der Waals surface area contributed by atoms with Crippen molar-refractivity contribution in [1.29, 1.82) is 0 Å². The second kappa shape index (κ2) is 4.39. The Kier molecular flexibility index (Phi) is 2.86. The van der Waals surface area contributed by atoms with Crippen LogP contribution in [0.1, 0.15) is 36.8 Å². The number of fused-ring (bicyclic) bond motifs is 1. The predicted molar refractivity (Wildman–Crippen MR) is 69.5 cm³/mol. The SMILES string of the molecule is O=C(O)C1(N2CCCCC2)CCc2ccccc21. The molecule has 2 aliphatic rings. The molecule has 1 heterocycles. The monoisotopic (exact) mass is 245 g/mol. The fourth-order valence-corrected chi connectivity index (χ4v) is 3.55. The van der Waals surface area contributed by atoms with Crippen molar-refractivity contribution in [2.45, 2.75) is 37.6 Å². The molecule has 1 aliphatic carbocycles. The molecule has 0 spiro atoms. The number of carbonyl (C=O) groups is 1. The van der Waals surface area contributed by atoms with Crippen LogP contribution in [-0.4, -0.2) is 29.1 Å². The number of aryl methyl sites for hydroxylation is 1. The Balaban J connectivity index is 2.06. The van der Waals surface area contributed by atoms with Crippen molar-refractivity contribution in [3.63, 3.8) is 0 Å². The van der Waals surface area contributed by atoms with Gasteiger partial charge < -0.3 is 5.11 Å². The first kappa shape index (κ1) is 11.7. The van der Waals surface area contributed by atoms with Crippen LogP contribution in [0.4, 0.5) is 0 Å². The molecule has 1 aromatic rings. The number of hydrogen-bond acceptors (Lipinski definition) is 2. The highest BCUT2D eigenvalue weighted by Gasteiger charge is 2.49. The average molecular weight is 245 g/mol. The minimum absolute atomic E-state index is 0.672. The largest absolute Gasteiger partial charge is 0.480 e. The zero-order valence-corrected chi connectivity index (χ0v) is 10.6. The molecule has 3 rings (SSSR count). The maximum Gasteiger partial charge on any atom is 0.328 e. The summed E-state index contributed by atoms with van der Waals surface area (Å²) in [5, 5.41) is 9.82. The normalized spacial score (nSPS) is 28.0. The first-order valence-electron chi connectivity index (χ1n) is 6.82. The first-order valence-corrected chi connectivity index (χ1v) is 6.82. The Bertz CT molecular complexity index is 465. The standard InChI is InChI=1S/C15H19NO2/c17-14(18)15(16-10-4-1-5-11-16)9-8-12-6-2-3-7-13(12)15/h2-3,6-7H,1,4-5,8-11H2,(H,17,18). The Morgan fingerprint density at radius 1 is 1.17 bits per heavy atom. The van der Waals surface area contributed by atoms with E-state index in [1.54, 1.807) is 0 Å². The summed E-state index contributed by atoms with van der Waals surface area (Å²) in [5.74, 6) is -0.672. The van der Waals surface area contributed by atoms with Gasteiger partial charge in [0.25, 0.3) is 0 Å². The molecule has 1 unspecified atom stereocenters. The van der Waals surface area contributed by atoms with Gasteiger partial charge in [0.1, 0.15) is 5.54 Å². The molecule has 1 fully saturated rings. The lowest BCUT2D eigenvalue weighted by Gasteiger charge is -2.40. The topological polar surface area (TPSA) is 40.5 Å². The number of carboxylic acid groups (broad SMARTS) is 1. The van der Waals surface area contributed by atoms with E-state index < -0.39 is 11.5 Å². The van der Waals surface area contributed by atoms with Gasteiger partial charge in [-0.3, -0.25) is 4.90 Å². The summed E-state index contributed by atoms with van der Waals surface area (Å²) in [7, 11) is 0. The number of benzene rings is 1. The highest BCUT2D eigenvalue weighted by atomic mass is 16.4. The summed E-state index contributed by atoms with van der Waals surface area (Å²) in [6.45, 7) is 1.83. The quantitative estimate of drug-likeness (QED) is 0.869. The third kappa shape index (κ3) is 1.57. The second-order valence-corrected chi connectivity index (χ2v) is 5.37. The molecule has 1 N–H and O–H groups in total. The summed E-state index contributed by atoms with van der Waals surface area (Å²) >= 11 is 0. The van der Waals surface area contributed by atoms with Gasteiger partial charge in [0.2, 0.25) is 0 Å². The average Bonchev–Trinajstić information content (AvgIpc) is 2.80. The third-order valence-electron chi connectivity index (χ3n) is 4.47. The second-order valence-electron chi connectivity index (χ2n) is 5.37. The van der Waals surface area contributed by atoms with Crippen LogP contribution in [0.2, 0.25) is 0 Å².